The van der Waals surface area contributed by atoms with E-state index >= 15 is 0 Å². The molecule has 1 saturated heterocycles. The zero-order chi connectivity index (χ0) is 16.6. The molecule has 0 spiro atoms. The average Bonchev–Trinajstić information content (AvgIpc) is 2.93. The van der Waals surface area contributed by atoms with E-state index in [4.69, 9.17) is 0 Å². The van der Waals surface area contributed by atoms with Crippen molar-refractivity contribution in [2.24, 2.45) is 0 Å². The van der Waals surface area contributed by atoms with E-state index < -0.39 is 23.2 Å². The quantitative estimate of drug-likeness (QED) is 0.760. The Hall–Kier alpha value is -1.41. The van der Waals surface area contributed by atoms with Crippen molar-refractivity contribution in [3.63, 3.8) is 0 Å². The number of amides is 2. The van der Waals surface area contributed by atoms with Gasteiger partial charge >= 0.3 is 6.18 Å². The fourth-order valence-corrected chi connectivity index (χ4v) is 4.59. The van der Waals surface area contributed by atoms with Crippen LogP contribution in [0.4, 0.5) is 13.2 Å². The minimum Gasteiger partial charge on any atom is -0.273 e. The number of halogens is 3. The Balaban J connectivity index is 2.13. The highest BCUT2D eigenvalue weighted by atomic mass is 32.2. The van der Waals surface area contributed by atoms with Crippen LogP contribution in [0.25, 0.3) is 5.57 Å². The SMILES string of the molecule is O=C1CSCC(=O)N1C1=C(c2ccccc2)C(C(F)(F)F)SC1. The van der Waals surface area contributed by atoms with E-state index in [0.717, 1.165) is 4.90 Å². The lowest BCUT2D eigenvalue weighted by Crippen LogP contribution is -2.43. The highest BCUT2D eigenvalue weighted by Gasteiger charge is 2.49. The highest BCUT2D eigenvalue weighted by Crippen LogP contribution is 2.48. The van der Waals surface area contributed by atoms with Crippen LogP contribution in [-0.4, -0.2) is 45.4 Å². The topological polar surface area (TPSA) is 37.4 Å². The van der Waals surface area contributed by atoms with E-state index in [1.807, 2.05) is 0 Å². The van der Waals surface area contributed by atoms with Gasteiger partial charge in [-0.05, 0) is 5.56 Å². The maximum Gasteiger partial charge on any atom is 0.404 e. The molecule has 2 aliphatic heterocycles. The van der Waals surface area contributed by atoms with Gasteiger partial charge in [0.25, 0.3) is 0 Å². The predicted molar refractivity (Wildman–Crippen MR) is 84.8 cm³/mol. The van der Waals surface area contributed by atoms with Crippen molar-refractivity contribution >= 4 is 40.9 Å². The fraction of sp³-hybridized carbons (Fsp3) is 0.333. The number of hydrogen-bond acceptors (Lipinski definition) is 4. The summed E-state index contributed by atoms with van der Waals surface area (Å²) in [6.45, 7) is 0. The molecule has 1 fully saturated rings. The molecule has 1 atom stereocenters. The third-order valence-corrected chi connectivity index (χ3v) is 5.74. The van der Waals surface area contributed by atoms with Crippen LogP contribution in [0.3, 0.4) is 0 Å². The molecule has 3 nitrogen and oxygen atoms in total. The molecule has 2 aliphatic rings. The smallest absolute Gasteiger partial charge is 0.273 e. The van der Waals surface area contributed by atoms with Gasteiger partial charge in [-0.15, -0.1) is 23.5 Å². The Morgan fingerprint density at radius 2 is 1.61 bits per heavy atom. The Kier molecular flexibility index (Phi) is 4.46. The van der Waals surface area contributed by atoms with Crippen molar-refractivity contribution in [1.29, 1.82) is 0 Å². The van der Waals surface area contributed by atoms with Crippen LogP contribution in [-0.2, 0) is 9.59 Å². The number of carbonyl (C=O) groups excluding carboxylic acids is 2. The summed E-state index contributed by atoms with van der Waals surface area (Å²) in [6.07, 6.45) is -4.44. The van der Waals surface area contributed by atoms with Gasteiger partial charge in [0, 0.05) is 17.0 Å². The normalized spacial score (nSPS) is 22.9. The lowest BCUT2D eigenvalue weighted by Gasteiger charge is -2.27. The summed E-state index contributed by atoms with van der Waals surface area (Å²) in [5, 5.41) is -1.73. The molecule has 1 aromatic carbocycles. The van der Waals surface area contributed by atoms with E-state index in [2.05, 4.69) is 0 Å². The van der Waals surface area contributed by atoms with Gasteiger partial charge in [-0.1, -0.05) is 30.3 Å². The van der Waals surface area contributed by atoms with Crippen molar-refractivity contribution < 1.29 is 22.8 Å². The van der Waals surface area contributed by atoms with Crippen LogP contribution in [0.5, 0.6) is 0 Å². The maximum atomic E-state index is 13.4. The van der Waals surface area contributed by atoms with Crippen LogP contribution >= 0.6 is 23.5 Å². The molecule has 0 aliphatic carbocycles. The molecule has 1 aromatic rings. The third kappa shape index (κ3) is 3.14. The third-order valence-electron chi connectivity index (χ3n) is 3.56. The second kappa shape index (κ2) is 6.24. The van der Waals surface area contributed by atoms with Gasteiger partial charge in [0.1, 0.15) is 5.25 Å². The van der Waals surface area contributed by atoms with Crippen LogP contribution in [0.15, 0.2) is 36.0 Å². The second-order valence-electron chi connectivity index (χ2n) is 5.07. The Morgan fingerprint density at radius 3 is 2.17 bits per heavy atom. The van der Waals surface area contributed by atoms with Crippen LogP contribution in [0, 0.1) is 0 Å². The first-order chi connectivity index (χ1) is 10.9. The van der Waals surface area contributed by atoms with Crippen LogP contribution in [0.1, 0.15) is 5.56 Å². The summed E-state index contributed by atoms with van der Waals surface area (Å²) in [6, 6.07) is 8.15. The Labute approximate surface area is 139 Å². The first-order valence-electron chi connectivity index (χ1n) is 6.80. The van der Waals surface area contributed by atoms with E-state index in [9.17, 15) is 22.8 Å². The Morgan fingerprint density at radius 1 is 1.00 bits per heavy atom. The second-order valence-corrected chi connectivity index (χ2v) is 7.15. The monoisotopic (exact) mass is 359 g/mol. The first kappa shape index (κ1) is 16.4. The van der Waals surface area contributed by atoms with Crippen molar-refractivity contribution in [2.75, 3.05) is 17.3 Å². The van der Waals surface area contributed by atoms with Crippen molar-refractivity contribution in [1.82, 2.24) is 4.90 Å². The molecule has 122 valence electrons. The molecule has 2 heterocycles. The van der Waals surface area contributed by atoms with Gasteiger partial charge < -0.3 is 0 Å². The number of rotatable bonds is 2. The summed E-state index contributed by atoms with van der Waals surface area (Å²) >= 11 is 1.89. The largest absolute Gasteiger partial charge is 0.404 e. The zero-order valence-electron chi connectivity index (χ0n) is 11.8. The van der Waals surface area contributed by atoms with E-state index in [0.29, 0.717) is 17.3 Å². The Bertz CT molecular complexity index is 657. The molecule has 0 saturated carbocycles. The number of carbonyl (C=O) groups is 2. The van der Waals surface area contributed by atoms with E-state index in [1.54, 1.807) is 30.3 Å². The molecular weight excluding hydrogens is 347 g/mol. The van der Waals surface area contributed by atoms with Gasteiger partial charge in [-0.2, -0.15) is 13.2 Å². The standard InChI is InChI=1S/C15H12F3NO2S2/c16-15(17,18)14-13(9-4-2-1-3-5-9)10(6-23-14)19-11(20)7-22-8-12(19)21/h1-5,14H,6-8H2. The predicted octanol–water partition coefficient (Wildman–Crippen LogP) is 3.18. The van der Waals surface area contributed by atoms with E-state index in [1.165, 1.54) is 11.8 Å². The van der Waals surface area contributed by atoms with Gasteiger partial charge in [0.15, 0.2) is 0 Å². The van der Waals surface area contributed by atoms with Crippen LogP contribution < -0.4 is 0 Å². The molecule has 8 heteroatoms. The summed E-state index contributed by atoms with van der Waals surface area (Å²) < 4.78 is 40.2. The number of benzene rings is 1. The van der Waals surface area contributed by atoms with Crippen molar-refractivity contribution in [3.05, 3.63) is 41.6 Å². The number of imide groups is 1. The molecule has 1 unspecified atom stereocenters. The zero-order valence-corrected chi connectivity index (χ0v) is 13.4. The highest BCUT2D eigenvalue weighted by molar-refractivity contribution is 8.01. The van der Waals surface area contributed by atoms with E-state index in [-0.39, 0.29) is 28.5 Å². The van der Waals surface area contributed by atoms with Crippen LogP contribution in [0.2, 0.25) is 0 Å². The minimum absolute atomic E-state index is 0.00342. The summed E-state index contributed by atoms with van der Waals surface area (Å²) in [5.74, 6) is -0.676. The molecule has 0 N–H and O–H groups in total. The van der Waals surface area contributed by atoms with Crippen molar-refractivity contribution in [3.8, 4) is 0 Å². The fourth-order valence-electron chi connectivity index (χ4n) is 2.65. The molecule has 0 aromatic heterocycles. The van der Waals surface area contributed by atoms with Crippen molar-refractivity contribution in [2.45, 2.75) is 11.4 Å². The lowest BCUT2D eigenvalue weighted by molar-refractivity contribution is -0.139. The molecule has 2 amide bonds. The molecule has 3 rings (SSSR count). The average molecular weight is 359 g/mol. The summed E-state index contributed by atoms with van der Waals surface area (Å²) in [5.41, 5.74) is 0.601. The molecule has 23 heavy (non-hydrogen) atoms. The van der Waals surface area contributed by atoms with Gasteiger partial charge in [-0.3, -0.25) is 14.5 Å². The number of alkyl halides is 3. The molecule has 0 bridgehead atoms. The molecule has 0 radical (unpaired) electrons. The van der Waals surface area contributed by atoms with Gasteiger partial charge in [0.2, 0.25) is 11.8 Å². The number of nitrogens with zero attached hydrogens (tertiary/aromatic N) is 1. The van der Waals surface area contributed by atoms with Gasteiger partial charge in [-0.25, -0.2) is 0 Å². The number of thioether (sulfide) groups is 2. The van der Waals surface area contributed by atoms with Gasteiger partial charge in [0.05, 0.1) is 11.5 Å². The number of hydrogen-bond donors (Lipinski definition) is 0. The molecular formula is C15H12F3NO2S2. The summed E-state index contributed by atoms with van der Waals surface area (Å²) in [4.78, 5) is 25.1. The first-order valence-corrected chi connectivity index (χ1v) is 9.00. The summed E-state index contributed by atoms with van der Waals surface area (Å²) in [7, 11) is 0. The lowest BCUT2D eigenvalue weighted by atomic mass is 9.99. The minimum atomic E-state index is -4.44. The maximum absolute atomic E-state index is 13.4.